The Labute approximate surface area is 116 Å². The molecule has 1 N–H and O–H groups in total. The molecule has 0 bridgehead atoms. The standard InChI is InChI=1S/C16H24N2O/c1-13(2)16(19)18(15-8-10-17-11-9-15)12-14-6-4-3-5-7-14/h3-7,13,15,17H,8-12H2,1-2H3. The van der Waals surface area contributed by atoms with Crippen LogP contribution in [0.4, 0.5) is 0 Å². The molecule has 19 heavy (non-hydrogen) atoms. The maximum Gasteiger partial charge on any atom is 0.225 e. The Morgan fingerprint density at radius 3 is 2.47 bits per heavy atom. The summed E-state index contributed by atoms with van der Waals surface area (Å²) >= 11 is 0. The van der Waals surface area contributed by atoms with Gasteiger partial charge in [0.25, 0.3) is 0 Å². The number of nitrogens with zero attached hydrogens (tertiary/aromatic N) is 1. The highest BCUT2D eigenvalue weighted by molar-refractivity contribution is 5.78. The zero-order valence-corrected chi connectivity index (χ0v) is 11.9. The number of carbonyl (C=O) groups excluding carboxylic acids is 1. The molecule has 1 fully saturated rings. The van der Waals surface area contributed by atoms with E-state index >= 15 is 0 Å². The maximum atomic E-state index is 12.5. The van der Waals surface area contributed by atoms with Crippen molar-refractivity contribution in [3.63, 3.8) is 0 Å². The van der Waals surface area contributed by atoms with E-state index < -0.39 is 0 Å². The lowest BCUT2D eigenvalue weighted by Gasteiger charge is -2.36. The molecule has 0 aromatic heterocycles. The molecule has 2 rings (SSSR count). The van der Waals surface area contributed by atoms with Crippen molar-refractivity contribution in [3.05, 3.63) is 35.9 Å². The number of benzene rings is 1. The second-order valence-corrected chi connectivity index (χ2v) is 5.59. The Kier molecular flexibility index (Phi) is 4.97. The van der Waals surface area contributed by atoms with Crippen molar-refractivity contribution in [1.82, 2.24) is 10.2 Å². The molecule has 1 aromatic rings. The van der Waals surface area contributed by atoms with Crippen LogP contribution in [0.3, 0.4) is 0 Å². The van der Waals surface area contributed by atoms with Gasteiger partial charge < -0.3 is 10.2 Å². The minimum atomic E-state index is 0.0681. The summed E-state index contributed by atoms with van der Waals surface area (Å²) in [6, 6.07) is 10.7. The molecule has 1 aliphatic heterocycles. The molecule has 1 aliphatic rings. The second-order valence-electron chi connectivity index (χ2n) is 5.59. The van der Waals surface area contributed by atoms with Crippen LogP contribution in [0.15, 0.2) is 30.3 Å². The quantitative estimate of drug-likeness (QED) is 0.901. The van der Waals surface area contributed by atoms with Crippen LogP contribution in [-0.4, -0.2) is 29.9 Å². The zero-order chi connectivity index (χ0) is 13.7. The van der Waals surface area contributed by atoms with Gasteiger partial charge in [0.2, 0.25) is 5.91 Å². The fourth-order valence-electron chi connectivity index (χ4n) is 2.62. The number of piperidine rings is 1. The first-order valence-corrected chi connectivity index (χ1v) is 7.23. The first-order chi connectivity index (χ1) is 9.18. The maximum absolute atomic E-state index is 12.5. The lowest BCUT2D eigenvalue weighted by atomic mass is 10.0. The highest BCUT2D eigenvalue weighted by atomic mass is 16.2. The van der Waals surface area contributed by atoms with E-state index in [0.717, 1.165) is 32.5 Å². The third kappa shape index (κ3) is 3.80. The first-order valence-electron chi connectivity index (χ1n) is 7.23. The van der Waals surface area contributed by atoms with Crippen molar-refractivity contribution in [1.29, 1.82) is 0 Å². The lowest BCUT2D eigenvalue weighted by molar-refractivity contribution is -0.138. The molecule has 0 aliphatic carbocycles. The van der Waals surface area contributed by atoms with E-state index in [1.165, 1.54) is 5.56 Å². The predicted octanol–water partition coefficient (Wildman–Crippen LogP) is 2.42. The van der Waals surface area contributed by atoms with Gasteiger partial charge in [-0.1, -0.05) is 44.2 Å². The normalized spacial score (nSPS) is 16.6. The lowest BCUT2D eigenvalue weighted by Crippen LogP contribution is -2.47. The summed E-state index contributed by atoms with van der Waals surface area (Å²) in [6.07, 6.45) is 2.12. The van der Waals surface area contributed by atoms with Gasteiger partial charge in [-0.15, -0.1) is 0 Å². The molecule has 1 heterocycles. The minimum absolute atomic E-state index is 0.0681. The third-order valence-electron chi connectivity index (χ3n) is 3.72. The number of nitrogens with one attached hydrogen (secondary N) is 1. The number of rotatable bonds is 4. The van der Waals surface area contributed by atoms with E-state index in [0.29, 0.717) is 6.04 Å². The molecule has 1 aromatic carbocycles. The highest BCUT2D eigenvalue weighted by Crippen LogP contribution is 2.18. The first kappa shape index (κ1) is 14.1. The Morgan fingerprint density at radius 1 is 1.26 bits per heavy atom. The summed E-state index contributed by atoms with van der Waals surface area (Å²) in [4.78, 5) is 14.5. The summed E-state index contributed by atoms with van der Waals surface area (Å²) in [5, 5.41) is 3.36. The Hall–Kier alpha value is -1.35. The zero-order valence-electron chi connectivity index (χ0n) is 11.9. The van der Waals surface area contributed by atoms with Gasteiger partial charge in [0, 0.05) is 18.5 Å². The molecule has 0 unspecified atom stereocenters. The molecular formula is C16H24N2O. The summed E-state index contributed by atoms with van der Waals surface area (Å²) in [5.41, 5.74) is 1.22. The minimum Gasteiger partial charge on any atom is -0.335 e. The van der Waals surface area contributed by atoms with Crippen LogP contribution < -0.4 is 5.32 Å². The average molecular weight is 260 g/mol. The third-order valence-corrected chi connectivity index (χ3v) is 3.72. The number of hydrogen-bond donors (Lipinski definition) is 1. The molecule has 0 saturated carbocycles. The van der Waals surface area contributed by atoms with Gasteiger partial charge in [0.1, 0.15) is 0 Å². The Bertz CT molecular complexity index is 396. The smallest absolute Gasteiger partial charge is 0.225 e. The Morgan fingerprint density at radius 2 is 1.89 bits per heavy atom. The summed E-state index contributed by atoms with van der Waals surface area (Å²) in [7, 11) is 0. The molecule has 0 radical (unpaired) electrons. The van der Waals surface area contributed by atoms with Gasteiger partial charge in [0.05, 0.1) is 0 Å². The van der Waals surface area contributed by atoms with Crippen LogP contribution in [0.1, 0.15) is 32.3 Å². The SMILES string of the molecule is CC(C)C(=O)N(Cc1ccccc1)C1CCNCC1. The van der Waals surface area contributed by atoms with Gasteiger partial charge in [-0.3, -0.25) is 4.79 Å². The van der Waals surface area contributed by atoms with Crippen LogP contribution in [-0.2, 0) is 11.3 Å². The van der Waals surface area contributed by atoms with E-state index in [9.17, 15) is 4.79 Å². The van der Waals surface area contributed by atoms with Crippen LogP contribution in [0.2, 0.25) is 0 Å². The fourth-order valence-corrected chi connectivity index (χ4v) is 2.62. The summed E-state index contributed by atoms with van der Waals surface area (Å²) < 4.78 is 0. The Balaban J connectivity index is 2.11. The molecule has 1 saturated heterocycles. The van der Waals surface area contributed by atoms with E-state index in [1.807, 2.05) is 32.0 Å². The monoisotopic (exact) mass is 260 g/mol. The topological polar surface area (TPSA) is 32.3 Å². The van der Waals surface area contributed by atoms with Crippen LogP contribution >= 0.6 is 0 Å². The predicted molar refractivity (Wildman–Crippen MR) is 77.7 cm³/mol. The van der Waals surface area contributed by atoms with Crippen LogP contribution in [0, 0.1) is 5.92 Å². The second kappa shape index (κ2) is 6.71. The summed E-state index contributed by atoms with van der Waals surface area (Å²) in [5.74, 6) is 0.342. The van der Waals surface area contributed by atoms with Gasteiger partial charge in [-0.25, -0.2) is 0 Å². The number of amides is 1. The molecule has 0 spiro atoms. The van der Waals surface area contributed by atoms with Crippen LogP contribution in [0.5, 0.6) is 0 Å². The van der Waals surface area contributed by atoms with E-state index in [-0.39, 0.29) is 11.8 Å². The molecule has 104 valence electrons. The number of hydrogen-bond acceptors (Lipinski definition) is 2. The molecule has 3 nitrogen and oxygen atoms in total. The van der Waals surface area contributed by atoms with Crippen molar-refractivity contribution in [3.8, 4) is 0 Å². The van der Waals surface area contributed by atoms with Gasteiger partial charge in [-0.05, 0) is 31.5 Å². The number of carbonyl (C=O) groups is 1. The van der Waals surface area contributed by atoms with Crippen LogP contribution in [0.25, 0.3) is 0 Å². The molecular weight excluding hydrogens is 236 g/mol. The van der Waals surface area contributed by atoms with E-state index in [1.54, 1.807) is 0 Å². The van der Waals surface area contributed by atoms with E-state index in [2.05, 4.69) is 22.3 Å². The van der Waals surface area contributed by atoms with E-state index in [4.69, 9.17) is 0 Å². The van der Waals surface area contributed by atoms with Gasteiger partial charge in [0.15, 0.2) is 0 Å². The van der Waals surface area contributed by atoms with Crippen molar-refractivity contribution in [2.75, 3.05) is 13.1 Å². The molecule has 0 atom stereocenters. The van der Waals surface area contributed by atoms with Gasteiger partial charge >= 0.3 is 0 Å². The fraction of sp³-hybridized carbons (Fsp3) is 0.562. The van der Waals surface area contributed by atoms with Gasteiger partial charge in [-0.2, -0.15) is 0 Å². The van der Waals surface area contributed by atoms with Crippen molar-refractivity contribution in [2.45, 2.75) is 39.3 Å². The van der Waals surface area contributed by atoms with Crippen molar-refractivity contribution in [2.24, 2.45) is 5.92 Å². The molecule has 3 heteroatoms. The van der Waals surface area contributed by atoms with Crippen molar-refractivity contribution >= 4 is 5.91 Å². The average Bonchev–Trinajstić information content (AvgIpc) is 2.46. The molecule has 1 amide bonds. The van der Waals surface area contributed by atoms with Crippen molar-refractivity contribution < 1.29 is 4.79 Å². The highest BCUT2D eigenvalue weighted by Gasteiger charge is 2.26. The summed E-state index contributed by atoms with van der Waals surface area (Å²) in [6.45, 7) is 6.74. The largest absolute Gasteiger partial charge is 0.335 e.